The Labute approximate surface area is 146 Å². The van der Waals surface area contributed by atoms with Gasteiger partial charge in [-0.15, -0.1) is 11.8 Å². The van der Waals surface area contributed by atoms with Crippen molar-refractivity contribution in [1.82, 2.24) is 5.32 Å². The molecule has 0 saturated carbocycles. The van der Waals surface area contributed by atoms with Crippen LogP contribution in [-0.2, 0) is 11.3 Å². The molecule has 0 aliphatic carbocycles. The van der Waals surface area contributed by atoms with Crippen LogP contribution in [0.4, 0.5) is 0 Å². The summed E-state index contributed by atoms with van der Waals surface area (Å²) in [5, 5.41) is 11.7. The van der Waals surface area contributed by atoms with E-state index in [1.54, 1.807) is 18.7 Å². The summed E-state index contributed by atoms with van der Waals surface area (Å²) >= 11 is 5.06. The highest BCUT2D eigenvalue weighted by atomic mass is 79.9. The third-order valence-electron chi connectivity index (χ3n) is 3.08. The number of carbonyl (C=O) groups is 2. The summed E-state index contributed by atoms with van der Waals surface area (Å²) in [7, 11) is 0. The van der Waals surface area contributed by atoms with E-state index >= 15 is 0 Å². The van der Waals surface area contributed by atoms with Crippen LogP contribution in [0, 0.1) is 6.92 Å². The zero-order valence-electron chi connectivity index (χ0n) is 12.5. The van der Waals surface area contributed by atoms with E-state index in [4.69, 9.17) is 9.52 Å². The van der Waals surface area contributed by atoms with Crippen molar-refractivity contribution < 1.29 is 19.1 Å². The Hall–Kier alpha value is -1.73. The molecule has 2 N–H and O–H groups in total. The van der Waals surface area contributed by atoms with Gasteiger partial charge in [-0.3, -0.25) is 4.79 Å². The summed E-state index contributed by atoms with van der Waals surface area (Å²) in [5.41, 5.74) is 0.124. The average molecular weight is 398 g/mol. The van der Waals surface area contributed by atoms with Crippen LogP contribution in [-0.4, -0.2) is 22.7 Å². The number of carbonyl (C=O) groups excluding carboxylic acids is 1. The highest BCUT2D eigenvalue weighted by Gasteiger charge is 2.14. The maximum atomic E-state index is 11.8. The Balaban J connectivity index is 1.76. The summed E-state index contributed by atoms with van der Waals surface area (Å²) in [6, 6.07) is 9.28. The molecule has 1 aromatic carbocycles. The summed E-state index contributed by atoms with van der Waals surface area (Å²) in [6.07, 6.45) is 0.372. The van der Waals surface area contributed by atoms with Crippen molar-refractivity contribution in [2.24, 2.45) is 0 Å². The lowest BCUT2D eigenvalue weighted by molar-refractivity contribution is -0.120. The molecule has 0 spiro atoms. The first-order chi connectivity index (χ1) is 11.0. The number of aromatic carboxylic acids is 1. The second-order valence-corrected chi connectivity index (χ2v) is 6.78. The van der Waals surface area contributed by atoms with Crippen LogP contribution >= 0.6 is 27.7 Å². The minimum atomic E-state index is -1.03. The molecule has 0 aliphatic rings. The van der Waals surface area contributed by atoms with Crippen molar-refractivity contribution in [1.29, 1.82) is 0 Å². The van der Waals surface area contributed by atoms with E-state index < -0.39 is 5.97 Å². The highest BCUT2D eigenvalue weighted by molar-refractivity contribution is 9.10. The lowest BCUT2D eigenvalue weighted by Gasteiger charge is -2.05. The van der Waals surface area contributed by atoms with Gasteiger partial charge in [0.2, 0.25) is 5.91 Å². The molecule has 122 valence electrons. The van der Waals surface area contributed by atoms with Gasteiger partial charge in [0.15, 0.2) is 0 Å². The normalized spacial score (nSPS) is 10.5. The van der Waals surface area contributed by atoms with Crippen molar-refractivity contribution >= 4 is 39.6 Å². The Bertz CT molecular complexity index is 714. The molecule has 0 unspecified atom stereocenters. The van der Waals surface area contributed by atoms with Crippen molar-refractivity contribution in [3.8, 4) is 0 Å². The molecule has 0 atom stereocenters. The van der Waals surface area contributed by atoms with Gasteiger partial charge in [-0.25, -0.2) is 4.79 Å². The number of amides is 1. The van der Waals surface area contributed by atoms with Gasteiger partial charge in [0.05, 0.1) is 6.54 Å². The number of carboxylic acids is 1. The van der Waals surface area contributed by atoms with E-state index in [2.05, 4.69) is 21.2 Å². The van der Waals surface area contributed by atoms with E-state index in [1.807, 2.05) is 24.3 Å². The molecule has 23 heavy (non-hydrogen) atoms. The second kappa shape index (κ2) is 8.21. The fourth-order valence-electron chi connectivity index (χ4n) is 1.93. The fourth-order valence-corrected chi connectivity index (χ4v) is 3.45. The second-order valence-electron chi connectivity index (χ2n) is 4.79. The molecule has 7 heteroatoms. The van der Waals surface area contributed by atoms with Crippen molar-refractivity contribution in [2.75, 3.05) is 5.75 Å². The molecular weight excluding hydrogens is 382 g/mol. The van der Waals surface area contributed by atoms with Crippen LogP contribution < -0.4 is 5.32 Å². The maximum absolute atomic E-state index is 11.8. The number of rotatable bonds is 7. The number of hydrogen-bond donors (Lipinski definition) is 2. The Morgan fingerprint density at radius 1 is 1.35 bits per heavy atom. The summed E-state index contributed by atoms with van der Waals surface area (Å²) < 4.78 is 6.32. The first kappa shape index (κ1) is 17.6. The zero-order valence-corrected chi connectivity index (χ0v) is 14.9. The molecule has 1 amide bonds. The van der Waals surface area contributed by atoms with E-state index in [1.165, 1.54) is 6.07 Å². The Kier molecular flexibility index (Phi) is 6.29. The number of benzene rings is 1. The molecule has 1 heterocycles. The van der Waals surface area contributed by atoms with Gasteiger partial charge in [0, 0.05) is 21.5 Å². The summed E-state index contributed by atoms with van der Waals surface area (Å²) in [4.78, 5) is 23.8. The average Bonchev–Trinajstić information content (AvgIpc) is 2.88. The molecule has 0 fully saturated rings. The molecule has 2 rings (SSSR count). The monoisotopic (exact) mass is 397 g/mol. The first-order valence-electron chi connectivity index (χ1n) is 6.94. The van der Waals surface area contributed by atoms with Crippen molar-refractivity contribution in [2.45, 2.75) is 24.8 Å². The van der Waals surface area contributed by atoms with Gasteiger partial charge in [-0.05, 0) is 41.1 Å². The number of aryl methyl sites for hydroxylation is 1. The van der Waals surface area contributed by atoms with Crippen molar-refractivity contribution in [3.05, 3.63) is 51.9 Å². The van der Waals surface area contributed by atoms with Gasteiger partial charge in [0.25, 0.3) is 0 Å². The number of hydrogen-bond acceptors (Lipinski definition) is 4. The minimum Gasteiger partial charge on any atom is -0.478 e. The number of nitrogens with one attached hydrogen (secondary N) is 1. The molecule has 0 radical (unpaired) electrons. The molecule has 1 aromatic heterocycles. The van der Waals surface area contributed by atoms with E-state index in [0.29, 0.717) is 23.7 Å². The lowest BCUT2D eigenvalue weighted by atomic mass is 10.2. The van der Waals surface area contributed by atoms with Crippen LogP contribution in [0.25, 0.3) is 0 Å². The van der Waals surface area contributed by atoms with Gasteiger partial charge in [-0.1, -0.05) is 12.1 Å². The van der Waals surface area contributed by atoms with Crippen LogP contribution in [0.2, 0.25) is 0 Å². The topological polar surface area (TPSA) is 79.5 Å². The Morgan fingerprint density at radius 3 is 2.74 bits per heavy atom. The molecule has 0 bridgehead atoms. The van der Waals surface area contributed by atoms with E-state index in [9.17, 15) is 9.59 Å². The molecule has 5 nitrogen and oxygen atoms in total. The largest absolute Gasteiger partial charge is 0.478 e. The summed E-state index contributed by atoms with van der Waals surface area (Å²) in [6.45, 7) is 1.77. The smallest absolute Gasteiger partial charge is 0.339 e. The molecule has 2 aromatic rings. The van der Waals surface area contributed by atoms with Crippen LogP contribution in [0.15, 0.2) is 44.1 Å². The van der Waals surface area contributed by atoms with Gasteiger partial charge >= 0.3 is 5.97 Å². The predicted octanol–water partition coefficient (Wildman–Crippen LogP) is 3.85. The Morgan fingerprint density at radius 2 is 2.09 bits per heavy atom. The highest BCUT2D eigenvalue weighted by Crippen LogP contribution is 2.27. The maximum Gasteiger partial charge on any atom is 0.339 e. The van der Waals surface area contributed by atoms with Crippen LogP contribution in [0.1, 0.15) is 28.3 Å². The number of thioether (sulfide) groups is 1. The number of halogens is 1. The van der Waals surface area contributed by atoms with E-state index in [-0.39, 0.29) is 18.0 Å². The van der Waals surface area contributed by atoms with E-state index in [0.717, 1.165) is 9.37 Å². The SMILES string of the molecule is Cc1oc(CNC(=O)CCSc2ccccc2Br)cc1C(=O)O. The van der Waals surface area contributed by atoms with Crippen molar-refractivity contribution in [3.63, 3.8) is 0 Å². The third kappa shape index (κ3) is 5.14. The molecule has 0 saturated heterocycles. The third-order valence-corrected chi connectivity index (χ3v) is 5.11. The van der Waals surface area contributed by atoms with Gasteiger partial charge in [0.1, 0.15) is 17.1 Å². The fraction of sp³-hybridized carbons (Fsp3) is 0.250. The zero-order chi connectivity index (χ0) is 16.8. The van der Waals surface area contributed by atoms with Crippen LogP contribution in [0.5, 0.6) is 0 Å². The summed E-state index contributed by atoms with van der Waals surface area (Å²) in [5.74, 6) is 0.300. The quantitative estimate of drug-likeness (QED) is 0.693. The predicted molar refractivity (Wildman–Crippen MR) is 91.7 cm³/mol. The first-order valence-corrected chi connectivity index (χ1v) is 8.72. The molecular formula is C16H16BrNO4S. The number of furan rings is 1. The van der Waals surface area contributed by atoms with Gasteiger partial charge < -0.3 is 14.8 Å². The van der Waals surface area contributed by atoms with Crippen LogP contribution in [0.3, 0.4) is 0 Å². The number of carboxylic acid groups (broad SMARTS) is 1. The van der Waals surface area contributed by atoms with Gasteiger partial charge in [-0.2, -0.15) is 0 Å². The standard InChI is InChI=1S/C16H16BrNO4S/c1-10-12(16(20)21)8-11(22-10)9-18-15(19)6-7-23-14-5-3-2-4-13(14)17/h2-5,8H,6-7,9H2,1H3,(H,18,19)(H,20,21). The lowest BCUT2D eigenvalue weighted by Crippen LogP contribution is -2.22. The minimum absolute atomic E-state index is 0.101. The molecule has 0 aliphatic heterocycles.